The highest BCUT2D eigenvalue weighted by Crippen LogP contribution is 2.25. The SMILES string of the molecule is CC(NC1=CCN(c2ccc(OC(F)F)cc2)C1=O)c1ccccc1.Cc1cccc(Cl)c1. The molecule has 4 nitrogen and oxygen atoms in total. The molecule has 0 saturated carbocycles. The largest absolute Gasteiger partial charge is 0.435 e. The van der Waals surface area contributed by atoms with Crippen molar-refractivity contribution in [3.05, 3.63) is 107 Å². The first kappa shape index (κ1) is 24.3. The van der Waals surface area contributed by atoms with E-state index in [1.807, 2.05) is 74.5 Å². The molecule has 1 aliphatic heterocycles. The Balaban J connectivity index is 0.000000323. The third-order valence-electron chi connectivity index (χ3n) is 4.98. The van der Waals surface area contributed by atoms with Gasteiger partial charge in [-0.1, -0.05) is 54.1 Å². The average Bonchev–Trinajstić information content (AvgIpc) is 3.15. The molecule has 1 aliphatic rings. The second-order valence-corrected chi connectivity index (χ2v) is 7.92. The minimum Gasteiger partial charge on any atom is -0.435 e. The Morgan fingerprint density at radius 2 is 1.70 bits per heavy atom. The maximum absolute atomic E-state index is 12.6. The first-order valence-corrected chi connectivity index (χ1v) is 10.8. The predicted octanol–water partition coefficient (Wildman–Crippen LogP) is 6.52. The van der Waals surface area contributed by atoms with E-state index in [4.69, 9.17) is 11.6 Å². The van der Waals surface area contributed by atoms with Crippen LogP contribution in [0.4, 0.5) is 14.5 Å². The number of hydrogen-bond acceptors (Lipinski definition) is 3. The minimum atomic E-state index is -2.86. The Kier molecular flexibility index (Phi) is 8.44. The fourth-order valence-electron chi connectivity index (χ4n) is 3.31. The second-order valence-electron chi connectivity index (χ2n) is 7.48. The highest BCUT2D eigenvalue weighted by molar-refractivity contribution is 6.30. The van der Waals surface area contributed by atoms with Crippen LogP contribution >= 0.6 is 11.6 Å². The van der Waals surface area contributed by atoms with E-state index in [0.29, 0.717) is 17.9 Å². The first-order valence-electron chi connectivity index (χ1n) is 10.4. The van der Waals surface area contributed by atoms with Crippen LogP contribution in [-0.4, -0.2) is 19.1 Å². The van der Waals surface area contributed by atoms with Crippen LogP contribution < -0.4 is 15.0 Å². The summed E-state index contributed by atoms with van der Waals surface area (Å²) in [6.45, 7) is 1.57. The zero-order valence-electron chi connectivity index (χ0n) is 18.3. The van der Waals surface area contributed by atoms with E-state index in [1.54, 1.807) is 17.0 Å². The van der Waals surface area contributed by atoms with Gasteiger partial charge in [-0.25, -0.2) is 0 Å². The molecule has 7 heteroatoms. The fraction of sp³-hybridized carbons (Fsp3) is 0.192. The topological polar surface area (TPSA) is 41.6 Å². The maximum atomic E-state index is 12.6. The van der Waals surface area contributed by atoms with Crippen molar-refractivity contribution >= 4 is 23.2 Å². The Bertz CT molecular complexity index is 1070. The molecule has 0 aliphatic carbocycles. The van der Waals surface area contributed by atoms with Gasteiger partial charge in [0, 0.05) is 23.3 Å². The molecular weight excluding hydrogens is 446 g/mol. The zero-order valence-corrected chi connectivity index (χ0v) is 19.1. The molecule has 3 aromatic rings. The highest BCUT2D eigenvalue weighted by Gasteiger charge is 2.26. The Labute approximate surface area is 197 Å². The van der Waals surface area contributed by atoms with E-state index in [-0.39, 0.29) is 17.7 Å². The monoisotopic (exact) mass is 470 g/mol. The van der Waals surface area contributed by atoms with Crippen molar-refractivity contribution in [3.8, 4) is 5.75 Å². The van der Waals surface area contributed by atoms with E-state index in [2.05, 4.69) is 10.1 Å². The molecule has 0 aromatic heterocycles. The second kappa shape index (κ2) is 11.5. The molecule has 1 unspecified atom stereocenters. The number of rotatable bonds is 6. The number of carbonyl (C=O) groups is 1. The molecule has 4 rings (SSSR count). The van der Waals surface area contributed by atoms with Crippen molar-refractivity contribution in [2.45, 2.75) is 26.5 Å². The molecule has 1 amide bonds. The van der Waals surface area contributed by atoms with Gasteiger partial charge < -0.3 is 15.0 Å². The maximum Gasteiger partial charge on any atom is 0.387 e. The molecule has 1 heterocycles. The zero-order chi connectivity index (χ0) is 23.8. The number of nitrogens with one attached hydrogen (secondary N) is 1. The number of halogens is 3. The number of aryl methyl sites for hydroxylation is 1. The van der Waals surface area contributed by atoms with Crippen LogP contribution in [0.2, 0.25) is 5.02 Å². The van der Waals surface area contributed by atoms with Crippen molar-refractivity contribution in [1.82, 2.24) is 5.32 Å². The summed E-state index contributed by atoms with van der Waals surface area (Å²) in [5.74, 6) is -0.0836. The number of anilines is 1. The van der Waals surface area contributed by atoms with E-state index >= 15 is 0 Å². The van der Waals surface area contributed by atoms with Crippen LogP contribution in [0.1, 0.15) is 24.1 Å². The number of alkyl halides is 2. The number of nitrogens with zero attached hydrogens (tertiary/aromatic N) is 1. The first-order chi connectivity index (χ1) is 15.8. The highest BCUT2D eigenvalue weighted by atomic mass is 35.5. The summed E-state index contributed by atoms with van der Waals surface area (Å²) in [5.41, 5.74) is 3.46. The van der Waals surface area contributed by atoms with Gasteiger partial charge in [0.15, 0.2) is 0 Å². The van der Waals surface area contributed by atoms with E-state index in [9.17, 15) is 13.6 Å². The van der Waals surface area contributed by atoms with Crippen molar-refractivity contribution in [2.24, 2.45) is 0 Å². The summed E-state index contributed by atoms with van der Waals surface area (Å²) >= 11 is 5.64. The molecule has 33 heavy (non-hydrogen) atoms. The van der Waals surface area contributed by atoms with Gasteiger partial charge >= 0.3 is 6.61 Å². The molecular formula is C26H25ClF2N2O2. The van der Waals surface area contributed by atoms with Crippen LogP contribution in [0.3, 0.4) is 0 Å². The van der Waals surface area contributed by atoms with Crippen molar-refractivity contribution in [3.63, 3.8) is 0 Å². The van der Waals surface area contributed by atoms with Crippen LogP contribution in [0.25, 0.3) is 0 Å². The van der Waals surface area contributed by atoms with Gasteiger partial charge in [-0.3, -0.25) is 4.79 Å². The van der Waals surface area contributed by atoms with Crippen LogP contribution in [0.5, 0.6) is 5.75 Å². The summed E-state index contributed by atoms with van der Waals surface area (Å²) in [4.78, 5) is 14.2. The van der Waals surface area contributed by atoms with Gasteiger partial charge in [0.05, 0.1) is 5.70 Å². The van der Waals surface area contributed by atoms with Gasteiger partial charge in [0.1, 0.15) is 5.75 Å². The minimum absolute atomic E-state index is 0.00170. The van der Waals surface area contributed by atoms with Gasteiger partial charge in [-0.2, -0.15) is 8.78 Å². The molecule has 1 atom stereocenters. The van der Waals surface area contributed by atoms with Gasteiger partial charge in [-0.15, -0.1) is 0 Å². The van der Waals surface area contributed by atoms with Crippen molar-refractivity contribution in [1.29, 1.82) is 0 Å². The lowest BCUT2D eigenvalue weighted by Crippen LogP contribution is -2.31. The van der Waals surface area contributed by atoms with Crippen LogP contribution in [-0.2, 0) is 4.79 Å². The third-order valence-corrected chi connectivity index (χ3v) is 5.21. The van der Waals surface area contributed by atoms with Crippen molar-refractivity contribution in [2.75, 3.05) is 11.4 Å². The predicted molar refractivity (Wildman–Crippen MR) is 128 cm³/mol. The molecule has 0 saturated heterocycles. The standard InChI is InChI=1S/C19H18F2N2O2.C7H7Cl/c1-13(14-5-3-2-4-6-14)22-17-11-12-23(18(17)24)15-7-9-16(10-8-15)25-19(20)21;1-6-3-2-4-7(8)5-6/h2-11,13,19,22H,12H2,1H3;2-5H,1H3. The van der Waals surface area contributed by atoms with E-state index < -0.39 is 6.61 Å². The van der Waals surface area contributed by atoms with Crippen LogP contribution in [0, 0.1) is 6.92 Å². The molecule has 0 bridgehead atoms. The smallest absolute Gasteiger partial charge is 0.387 e. The third kappa shape index (κ3) is 7.05. The lowest BCUT2D eigenvalue weighted by Gasteiger charge is -2.19. The summed E-state index contributed by atoms with van der Waals surface area (Å²) in [6.07, 6.45) is 1.82. The summed E-state index contributed by atoms with van der Waals surface area (Å²) in [6, 6.07) is 23.6. The average molecular weight is 471 g/mol. The van der Waals surface area contributed by atoms with Crippen LogP contribution in [0.15, 0.2) is 90.6 Å². The lowest BCUT2D eigenvalue weighted by molar-refractivity contribution is -0.114. The Morgan fingerprint density at radius 3 is 2.27 bits per heavy atom. The van der Waals surface area contributed by atoms with Gasteiger partial charge in [-0.05, 0) is 67.4 Å². The van der Waals surface area contributed by atoms with E-state index in [1.165, 1.54) is 17.7 Å². The number of hydrogen-bond donors (Lipinski definition) is 1. The number of carbonyl (C=O) groups excluding carboxylic acids is 1. The molecule has 0 fully saturated rings. The van der Waals surface area contributed by atoms with E-state index in [0.717, 1.165) is 10.6 Å². The fourth-order valence-corrected chi connectivity index (χ4v) is 3.56. The number of ether oxygens (including phenoxy) is 1. The molecule has 3 aromatic carbocycles. The summed E-state index contributed by atoms with van der Waals surface area (Å²) in [7, 11) is 0. The number of amides is 1. The molecule has 172 valence electrons. The number of benzene rings is 3. The summed E-state index contributed by atoms with van der Waals surface area (Å²) in [5, 5.41) is 4.04. The molecule has 0 radical (unpaired) electrons. The Morgan fingerprint density at radius 1 is 1.00 bits per heavy atom. The van der Waals surface area contributed by atoms with Gasteiger partial charge in [0.25, 0.3) is 5.91 Å². The van der Waals surface area contributed by atoms with Gasteiger partial charge in [0.2, 0.25) is 0 Å². The molecule has 1 N–H and O–H groups in total. The Hall–Kier alpha value is -3.38. The normalized spacial score (nSPS) is 13.8. The van der Waals surface area contributed by atoms with Crippen molar-refractivity contribution < 1.29 is 18.3 Å². The molecule has 0 spiro atoms. The lowest BCUT2D eigenvalue weighted by atomic mass is 10.1. The quantitative estimate of drug-likeness (QED) is 0.446. The summed E-state index contributed by atoms with van der Waals surface area (Å²) < 4.78 is 28.7.